The molecule has 0 saturated carbocycles. The lowest BCUT2D eigenvalue weighted by Gasteiger charge is -2.27. The van der Waals surface area contributed by atoms with Gasteiger partial charge in [0.25, 0.3) is 0 Å². The molecule has 1 aromatic carbocycles. The lowest BCUT2D eigenvalue weighted by atomic mass is 10.1. The van der Waals surface area contributed by atoms with Crippen LogP contribution in [0.1, 0.15) is 11.1 Å². The SMILES string of the molecule is Cc1cc(Br)c(N)c(CN2CCOCC2)c1. The topological polar surface area (TPSA) is 38.5 Å². The molecule has 88 valence electrons. The van der Waals surface area contributed by atoms with Gasteiger partial charge in [-0.3, -0.25) is 4.90 Å². The summed E-state index contributed by atoms with van der Waals surface area (Å²) in [5.74, 6) is 0. The van der Waals surface area contributed by atoms with E-state index in [1.807, 2.05) is 0 Å². The molecule has 1 heterocycles. The fourth-order valence-electron chi connectivity index (χ4n) is 1.96. The zero-order valence-electron chi connectivity index (χ0n) is 9.50. The summed E-state index contributed by atoms with van der Waals surface area (Å²) in [7, 11) is 0. The number of ether oxygens (including phenoxy) is 1. The van der Waals surface area contributed by atoms with Crippen LogP contribution in [0.4, 0.5) is 5.69 Å². The highest BCUT2D eigenvalue weighted by Gasteiger charge is 2.13. The molecule has 0 spiro atoms. The van der Waals surface area contributed by atoms with Crippen molar-refractivity contribution < 1.29 is 4.74 Å². The van der Waals surface area contributed by atoms with Crippen LogP contribution in [0.25, 0.3) is 0 Å². The van der Waals surface area contributed by atoms with Gasteiger partial charge in [0, 0.05) is 24.1 Å². The maximum Gasteiger partial charge on any atom is 0.0594 e. The van der Waals surface area contributed by atoms with Crippen molar-refractivity contribution in [2.24, 2.45) is 0 Å². The first kappa shape index (κ1) is 11.9. The number of anilines is 1. The van der Waals surface area contributed by atoms with Crippen molar-refractivity contribution in [3.8, 4) is 0 Å². The third kappa shape index (κ3) is 2.75. The Bertz CT molecular complexity index is 376. The number of hydrogen-bond donors (Lipinski definition) is 1. The fraction of sp³-hybridized carbons (Fsp3) is 0.500. The molecule has 1 aliphatic rings. The van der Waals surface area contributed by atoms with Crippen molar-refractivity contribution >= 4 is 21.6 Å². The van der Waals surface area contributed by atoms with Crippen LogP contribution in [0.15, 0.2) is 16.6 Å². The van der Waals surface area contributed by atoms with Crippen molar-refractivity contribution in [1.82, 2.24) is 4.90 Å². The summed E-state index contributed by atoms with van der Waals surface area (Å²) in [6, 6.07) is 4.22. The van der Waals surface area contributed by atoms with Gasteiger partial charge in [0.05, 0.1) is 18.9 Å². The number of rotatable bonds is 2. The van der Waals surface area contributed by atoms with E-state index in [0.29, 0.717) is 0 Å². The smallest absolute Gasteiger partial charge is 0.0594 e. The Kier molecular flexibility index (Phi) is 3.84. The van der Waals surface area contributed by atoms with Crippen molar-refractivity contribution in [3.05, 3.63) is 27.7 Å². The molecule has 1 aliphatic heterocycles. The Morgan fingerprint density at radius 3 is 2.75 bits per heavy atom. The quantitative estimate of drug-likeness (QED) is 0.846. The molecule has 2 N–H and O–H groups in total. The Morgan fingerprint density at radius 2 is 2.06 bits per heavy atom. The second kappa shape index (κ2) is 5.17. The molecule has 1 saturated heterocycles. The minimum Gasteiger partial charge on any atom is -0.398 e. The average Bonchev–Trinajstić information content (AvgIpc) is 2.27. The molecule has 0 aliphatic carbocycles. The highest BCUT2D eigenvalue weighted by Crippen LogP contribution is 2.26. The number of hydrogen-bond acceptors (Lipinski definition) is 3. The number of nitrogen functional groups attached to an aromatic ring is 1. The van der Waals surface area contributed by atoms with E-state index in [1.54, 1.807) is 0 Å². The van der Waals surface area contributed by atoms with E-state index in [-0.39, 0.29) is 0 Å². The maximum absolute atomic E-state index is 6.06. The van der Waals surface area contributed by atoms with Crippen LogP contribution in [-0.4, -0.2) is 31.2 Å². The van der Waals surface area contributed by atoms with Gasteiger partial charge in [0.15, 0.2) is 0 Å². The number of halogens is 1. The van der Waals surface area contributed by atoms with Crippen LogP contribution in [0.5, 0.6) is 0 Å². The second-order valence-electron chi connectivity index (χ2n) is 4.21. The normalized spacial score (nSPS) is 17.6. The third-order valence-electron chi connectivity index (χ3n) is 2.86. The minimum absolute atomic E-state index is 0.826. The van der Waals surface area contributed by atoms with Gasteiger partial charge in [-0.2, -0.15) is 0 Å². The van der Waals surface area contributed by atoms with Crippen LogP contribution < -0.4 is 5.73 Å². The van der Waals surface area contributed by atoms with Gasteiger partial charge in [-0.15, -0.1) is 0 Å². The average molecular weight is 285 g/mol. The van der Waals surface area contributed by atoms with Crippen molar-refractivity contribution in [3.63, 3.8) is 0 Å². The first-order valence-corrected chi connectivity index (χ1v) is 6.30. The lowest BCUT2D eigenvalue weighted by molar-refractivity contribution is 0.0342. The first-order chi connectivity index (χ1) is 7.66. The Hall–Kier alpha value is -0.580. The summed E-state index contributed by atoms with van der Waals surface area (Å²) in [6.07, 6.45) is 0. The van der Waals surface area contributed by atoms with Gasteiger partial charge in [0.1, 0.15) is 0 Å². The van der Waals surface area contributed by atoms with Crippen LogP contribution in [0, 0.1) is 6.92 Å². The molecule has 0 amide bonds. The summed E-state index contributed by atoms with van der Waals surface area (Å²) in [5, 5.41) is 0. The molecule has 0 aromatic heterocycles. The molecule has 16 heavy (non-hydrogen) atoms. The summed E-state index contributed by atoms with van der Waals surface area (Å²) >= 11 is 3.49. The zero-order chi connectivity index (χ0) is 11.5. The molecule has 0 atom stereocenters. The largest absolute Gasteiger partial charge is 0.398 e. The summed E-state index contributed by atoms with van der Waals surface area (Å²) in [5.41, 5.74) is 9.36. The van der Waals surface area contributed by atoms with Gasteiger partial charge in [0.2, 0.25) is 0 Å². The molecule has 0 radical (unpaired) electrons. The van der Waals surface area contributed by atoms with Crippen molar-refractivity contribution in [2.75, 3.05) is 32.0 Å². The van der Waals surface area contributed by atoms with Gasteiger partial charge in [-0.1, -0.05) is 6.07 Å². The Balaban J connectivity index is 2.13. The van der Waals surface area contributed by atoms with Gasteiger partial charge in [-0.25, -0.2) is 0 Å². The Labute approximate surface area is 105 Å². The highest BCUT2D eigenvalue weighted by atomic mass is 79.9. The molecular weight excluding hydrogens is 268 g/mol. The maximum atomic E-state index is 6.06. The molecule has 1 fully saturated rings. The van der Waals surface area contributed by atoms with Crippen LogP contribution in [0.2, 0.25) is 0 Å². The van der Waals surface area contributed by atoms with E-state index in [4.69, 9.17) is 10.5 Å². The van der Waals surface area contributed by atoms with Gasteiger partial charge in [-0.05, 0) is 40.0 Å². The third-order valence-corrected chi connectivity index (χ3v) is 3.51. The van der Waals surface area contributed by atoms with Crippen LogP contribution in [-0.2, 0) is 11.3 Å². The van der Waals surface area contributed by atoms with Crippen LogP contribution in [0.3, 0.4) is 0 Å². The molecule has 2 rings (SSSR count). The Morgan fingerprint density at radius 1 is 1.38 bits per heavy atom. The number of aryl methyl sites for hydroxylation is 1. The molecule has 4 heteroatoms. The van der Waals surface area contributed by atoms with E-state index >= 15 is 0 Å². The highest BCUT2D eigenvalue weighted by molar-refractivity contribution is 9.10. The predicted molar refractivity (Wildman–Crippen MR) is 69.4 cm³/mol. The zero-order valence-corrected chi connectivity index (χ0v) is 11.1. The number of nitrogens with zero attached hydrogens (tertiary/aromatic N) is 1. The van der Waals surface area contributed by atoms with E-state index in [1.165, 1.54) is 11.1 Å². The number of nitrogens with two attached hydrogens (primary N) is 1. The molecule has 0 unspecified atom stereocenters. The van der Waals surface area contributed by atoms with E-state index in [9.17, 15) is 0 Å². The molecular formula is C12H17BrN2O. The summed E-state index contributed by atoms with van der Waals surface area (Å²) < 4.78 is 6.33. The van der Waals surface area contributed by atoms with Gasteiger partial charge >= 0.3 is 0 Å². The van der Waals surface area contributed by atoms with Crippen LogP contribution >= 0.6 is 15.9 Å². The molecule has 3 nitrogen and oxygen atoms in total. The van der Waals surface area contributed by atoms with Gasteiger partial charge < -0.3 is 10.5 Å². The minimum atomic E-state index is 0.826. The first-order valence-electron chi connectivity index (χ1n) is 5.51. The predicted octanol–water partition coefficient (Wildman–Crippen LogP) is 2.17. The standard InChI is InChI=1S/C12H17BrN2O/c1-9-6-10(12(14)11(13)7-9)8-15-2-4-16-5-3-15/h6-7H,2-5,8,14H2,1H3. The van der Waals surface area contributed by atoms with E-state index in [0.717, 1.165) is 43.0 Å². The second-order valence-corrected chi connectivity index (χ2v) is 5.06. The fourth-order valence-corrected chi connectivity index (χ4v) is 2.57. The van der Waals surface area contributed by atoms with E-state index in [2.05, 4.69) is 39.9 Å². The number of morpholine rings is 1. The monoisotopic (exact) mass is 284 g/mol. The molecule has 0 bridgehead atoms. The summed E-state index contributed by atoms with van der Waals surface area (Å²) in [4.78, 5) is 2.38. The lowest BCUT2D eigenvalue weighted by Crippen LogP contribution is -2.35. The summed E-state index contributed by atoms with van der Waals surface area (Å²) in [6.45, 7) is 6.64. The van der Waals surface area contributed by atoms with Crippen molar-refractivity contribution in [2.45, 2.75) is 13.5 Å². The van der Waals surface area contributed by atoms with E-state index < -0.39 is 0 Å². The number of benzene rings is 1. The van der Waals surface area contributed by atoms with Crippen molar-refractivity contribution in [1.29, 1.82) is 0 Å². The molecule has 1 aromatic rings.